The van der Waals surface area contributed by atoms with E-state index >= 15 is 0 Å². The van der Waals surface area contributed by atoms with Crippen LogP contribution < -0.4 is 5.32 Å². The second kappa shape index (κ2) is 4.05. The first kappa shape index (κ1) is 11.6. The van der Waals surface area contributed by atoms with Crippen LogP contribution in [0.2, 0.25) is 0 Å². The first-order valence-corrected chi connectivity index (χ1v) is 6.05. The summed E-state index contributed by atoms with van der Waals surface area (Å²) >= 11 is 0. The molecule has 1 atom stereocenters. The number of allylic oxidation sites excluding steroid dienone is 1. The molecule has 2 aliphatic heterocycles. The van der Waals surface area contributed by atoms with Gasteiger partial charge >= 0.3 is 0 Å². The van der Waals surface area contributed by atoms with Gasteiger partial charge in [-0.3, -0.25) is 19.3 Å². The van der Waals surface area contributed by atoms with Gasteiger partial charge in [-0.05, 0) is 25.0 Å². The van der Waals surface area contributed by atoms with Gasteiger partial charge in [0, 0.05) is 5.70 Å². The summed E-state index contributed by atoms with van der Waals surface area (Å²) in [5.41, 5.74) is 1.35. The minimum atomic E-state index is -0.738. The summed E-state index contributed by atoms with van der Waals surface area (Å²) in [4.78, 5) is 37.5. The van der Waals surface area contributed by atoms with Crippen LogP contribution in [0.3, 0.4) is 0 Å². The van der Waals surface area contributed by atoms with Crippen LogP contribution in [0.4, 0.5) is 0 Å². The predicted octanol–water partition coefficient (Wildman–Crippen LogP) is 1.07. The number of nitrogens with one attached hydrogen (secondary N) is 1. The van der Waals surface area contributed by atoms with Gasteiger partial charge < -0.3 is 5.32 Å². The van der Waals surface area contributed by atoms with E-state index in [1.807, 2.05) is 0 Å². The van der Waals surface area contributed by atoms with Gasteiger partial charge in [-0.25, -0.2) is 0 Å². The van der Waals surface area contributed by atoms with E-state index in [0.717, 1.165) is 4.90 Å². The molecule has 2 heterocycles. The van der Waals surface area contributed by atoms with Crippen molar-refractivity contribution in [1.82, 2.24) is 10.2 Å². The number of hydrogen-bond acceptors (Lipinski definition) is 3. The summed E-state index contributed by atoms with van der Waals surface area (Å²) in [6.45, 7) is 3.68. The van der Waals surface area contributed by atoms with Crippen molar-refractivity contribution in [3.8, 4) is 0 Å². The van der Waals surface area contributed by atoms with Crippen LogP contribution in [0.25, 0.3) is 0 Å². The Labute approximate surface area is 109 Å². The molecule has 1 saturated heterocycles. The molecule has 96 valence electrons. The van der Waals surface area contributed by atoms with Gasteiger partial charge in [-0.15, -0.1) is 0 Å². The van der Waals surface area contributed by atoms with Crippen molar-refractivity contribution in [3.05, 3.63) is 47.7 Å². The molecule has 19 heavy (non-hydrogen) atoms. The zero-order valence-electron chi connectivity index (χ0n) is 10.2. The molecule has 0 bridgehead atoms. The third kappa shape index (κ3) is 1.66. The molecule has 1 aromatic rings. The highest BCUT2D eigenvalue weighted by Crippen LogP contribution is 2.27. The quantitative estimate of drug-likeness (QED) is 0.764. The number of carbonyl (C=O) groups is 3. The number of imide groups is 1. The first-order chi connectivity index (χ1) is 9.09. The second-order valence-corrected chi connectivity index (χ2v) is 4.67. The Bertz CT molecular complexity index is 586. The molecular formula is C14H12N2O3. The molecule has 1 unspecified atom stereocenters. The van der Waals surface area contributed by atoms with E-state index in [0.29, 0.717) is 29.7 Å². The zero-order valence-corrected chi connectivity index (χ0v) is 10.2. The highest BCUT2D eigenvalue weighted by Gasteiger charge is 2.43. The Kier molecular flexibility index (Phi) is 2.48. The van der Waals surface area contributed by atoms with Crippen molar-refractivity contribution >= 4 is 17.7 Å². The fraction of sp³-hybridized carbons (Fsp3) is 0.214. The highest BCUT2D eigenvalue weighted by molar-refractivity contribution is 6.22. The Morgan fingerprint density at radius 3 is 2.21 bits per heavy atom. The fourth-order valence-corrected chi connectivity index (χ4v) is 2.50. The monoisotopic (exact) mass is 256 g/mol. The van der Waals surface area contributed by atoms with Crippen LogP contribution in [-0.4, -0.2) is 28.7 Å². The van der Waals surface area contributed by atoms with Crippen LogP contribution in [0.5, 0.6) is 0 Å². The summed E-state index contributed by atoms with van der Waals surface area (Å²) in [6.07, 6.45) is 1.000. The molecule has 0 radical (unpaired) electrons. The van der Waals surface area contributed by atoms with Crippen molar-refractivity contribution < 1.29 is 14.4 Å². The molecule has 0 saturated carbocycles. The summed E-state index contributed by atoms with van der Waals surface area (Å²) in [6, 6.07) is 5.88. The molecular weight excluding hydrogens is 244 g/mol. The standard InChI is InChI=1S/C14H12N2O3/c1-8-6-7-11(12(17)15-8)16-13(18)9-4-2-3-5-10(9)14(16)19/h2-5,11H,1,6-7H2,(H,15,17). The largest absolute Gasteiger partial charge is 0.329 e. The number of benzene rings is 1. The predicted molar refractivity (Wildman–Crippen MR) is 67.2 cm³/mol. The SMILES string of the molecule is C=C1CCC(N2C(=O)c3ccccc3C2=O)C(=O)N1. The van der Waals surface area contributed by atoms with E-state index in [2.05, 4.69) is 11.9 Å². The fourth-order valence-electron chi connectivity index (χ4n) is 2.50. The van der Waals surface area contributed by atoms with Crippen molar-refractivity contribution in [2.24, 2.45) is 0 Å². The van der Waals surface area contributed by atoms with Crippen molar-refractivity contribution in [3.63, 3.8) is 0 Å². The molecule has 1 aromatic carbocycles. The van der Waals surface area contributed by atoms with Gasteiger partial charge in [0.15, 0.2) is 0 Å². The van der Waals surface area contributed by atoms with E-state index in [-0.39, 0.29) is 5.91 Å². The lowest BCUT2D eigenvalue weighted by atomic mass is 10.0. The number of amides is 3. The molecule has 5 heteroatoms. The number of carbonyl (C=O) groups excluding carboxylic acids is 3. The normalized spacial score (nSPS) is 22.5. The minimum Gasteiger partial charge on any atom is -0.329 e. The number of rotatable bonds is 1. The van der Waals surface area contributed by atoms with Gasteiger partial charge in [-0.2, -0.15) is 0 Å². The Morgan fingerprint density at radius 2 is 1.68 bits per heavy atom. The number of hydrogen-bond donors (Lipinski definition) is 1. The summed E-state index contributed by atoms with van der Waals surface area (Å²) in [7, 11) is 0. The molecule has 0 spiro atoms. The van der Waals surface area contributed by atoms with Crippen LogP contribution in [0, 0.1) is 0 Å². The molecule has 3 rings (SSSR count). The Balaban J connectivity index is 1.96. The van der Waals surface area contributed by atoms with Crippen LogP contribution in [-0.2, 0) is 4.79 Å². The topological polar surface area (TPSA) is 66.5 Å². The van der Waals surface area contributed by atoms with Gasteiger partial charge in [0.2, 0.25) is 5.91 Å². The number of fused-ring (bicyclic) bond motifs is 1. The van der Waals surface area contributed by atoms with Gasteiger partial charge in [0.05, 0.1) is 11.1 Å². The molecule has 0 aliphatic carbocycles. The minimum absolute atomic E-state index is 0.342. The average molecular weight is 256 g/mol. The molecule has 2 aliphatic rings. The van der Waals surface area contributed by atoms with E-state index in [1.54, 1.807) is 24.3 Å². The van der Waals surface area contributed by atoms with Crippen molar-refractivity contribution in [2.75, 3.05) is 0 Å². The van der Waals surface area contributed by atoms with Gasteiger partial charge in [0.25, 0.3) is 11.8 Å². The first-order valence-electron chi connectivity index (χ1n) is 6.05. The molecule has 3 amide bonds. The molecule has 0 aromatic heterocycles. The van der Waals surface area contributed by atoms with E-state index in [4.69, 9.17) is 0 Å². The number of nitrogens with zero attached hydrogens (tertiary/aromatic N) is 1. The summed E-state index contributed by atoms with van der Waals surface area (Å²) in [5, 5.41) is 2.59. The van der Waals surface area contributed by atoms with E-state index < -0.39 is 17.9 Å². The maximum atomic E-state index is 12.2. The van der Waals surface area contributed by atoms with Crippen molar-refractivity contribution in [2.45, 2.75) is 18.9 Å². The van der Waals surface area contributed by atoms with Gasteiger partial charge in [0.1, 0.15) is 6.04 Å². The van der Waals surface area contributed by atoms with Crippen LogP contribution in [0.15, 0.2) is 36.5 Å². The zero-order chi connectivity index (χ0) is 13.6. The Morgan fingerprint density at radius 1 is 1.11 bits per heavy atom. The molecule has 1 fully saturated rings. The lowest BCUT2D eigenvalue weighted by Crippen LogP contribution is -2.51. The highest BCUT2D eigenvalue weighted by atomic mass is 16.2. The van der Waals surface area contributed by atoms with E-state index in [9.17, 15) is 14.4 Å². The number of piperidine rings is 1. The van der Waals surface area contributed by atoms with E-state index in [1.165, 1.54) is 0 Å². The third-order valence-corrected chi connectivity index (χ3v) is 3.46. The summed E-state index contributed by atoms with van der Waals surface area (Å²) in [5.74, 6) is -1.13. The average Bonchev–Trinajstić information content (AvgIpc) is 2.64. The van der Waals surface area contributed by atoms with Gasteiger partial charge in [-0.1, -0.05) is 18.7 Å². The maximum Gasteiger partial charge on any atom is 0.262 e. The maximum absolute atomic E-state index is 12.2. The lowest BCUT2D eigenvalue weighted by molar-refractivity contribution is -0.125. The second-order valence-electron chi connectivity index (χ2n) is 4.67. The molecule has 1 N–H and O–H groups in total. The molecule has 5 nitrogen and oxygen atoms in total. The van der Waals surface area contributed by atoms with Crippen LogP contribution in [0.1, 0.15) is 33.6 Å². The van der Waals surface area contributed by atoms with Crippen LogP contribution >= 0.6 is 0 Å². The van der Waals surface area contributed by atoms with Crippen molar-refractivity contribution in [1.29, 1.82) is 0 Å². The summed E-state index contributed by atoms with van der Waals surface area (Å²) < 4.78 is 0. The smallest absolute Gasteiger partial charge is 0.262 e. The lowest BCUT2D eigenvalue weighted by Gasteiger charge is -2.29. The third-order valence-electron chi connectivity index (χ3n) is 3.46. The Hall–Kier alpha value is -2.43.